The number of amides is 1. The van der Waals surface area contributed by atoms with Crippen LogP contribution in [0.2, 0.25) is 5.02 Å². The lowest BCUT2D eigenvalue weighted by molar-refractivity contribution is -0.113. The molecule has 2 aromatic heterocycles. The van der Waals surface area contributed by atoms with Gasteiger partial charge in [0.2, 0.25) is 5.91 Å². The summed E-state index contributed by atoms with van der Waals surface area (Å²) in [6.07, 6.45) is 0. The van der Waals surface area contributed by atoms with E-state index in [2.05, 4.69) is 20.5 Å². The second kappa shape index (κ2) is 10.1. The minimum Gasteiger partial charge on any atom is -0.496 e. The molecule has 0 atom stereocenters. The van der Waals surface area contributed by atoms with Gasteiger partial charge in [0.05, 0.1) is 30.7 Å². The highest BCUT2D eigenvalue weighted by Crippen LogP contribution is 2.32. The van der Waals surface area contributed by atoms with Crippen molar-refractivity contribution in [2.75, 3.05) is 24.8 Å². The molecule has 0 radical (unpaired) electrons. The van der Waals surface area contributed by atoms with Gasteiger partial charge >= 0.3 is 5.97 Å². The van der Waals surface area contributed by atoms with Crippen molar-refractivity contribution in [3.63, 3.8) is 0 Å². The Morgan fingerprint density at radius 1 is 1.32 bits per heavy atom. The molecular weight excluding hydrogens is 462 g/mol. The molecule has 0 fully saturated rings. The van der Waals surface area contributed by atoms with E-state index in [1.54, 1.807) is 50.8 Å². The van der Waals surface area contributed by atoms with Crippen LogP contribution < -0.4 is 10.1 Å². The summed E-state index contributed by atoms with van der Waals surface area (Å²) in [6.45, 7) is 3.70. The van der Waals surface area contributed by atoms with Crippen LogP contribution in [0.5, 0.6) is 5.75 Å². The zero-order valence-electron chi connectivity index (χ0n) is 17.3. The van der Waals surface area contributed by atoms with E-state index in [1.807, 2.05) is 0 Å². The van der Waals surface area contributed by atoms with Crippen LogP contribution in [0.3, 0.4) is 0 Å². The van der Waals surface area contributed by atoms with Gasteiger partial charge in [-0.25, -0.2) is 9.78 Å². The van der Waals surface area contributed by atoms with Gasteiger partial charge in [-0.15, -0.1) is 10.2 Å². The van der Waals surface area contributed by atoms with E-state index in [0.29, 0.717) is 43.0 Å². The standard InChI is InChI=1S/C19H20ClN5O4S2/c1-5-29-17(27)15-10(2)21-18(31-15)22-14(26)9-30-19-24-23-16(25(19)3)12-8-11(20)6-7-13(12)28-4/h6-8H,5,9H2,1-4H3,(H,21,22,26). The molecule has 12 heteroatoms. The van der Waals surface area contributed by atoms with Crippen molar-refractivity contribution in [1.29, 1.82) is 0 Å². The number of aromatic nitrogens is 4. The summed E-state index contributed by atoms with van der Waals surface area (Å²) in [7, 11) is 3.36. The zero-order chi connectivity index (χ0) is 22.5. The molecular formula is C19H20ClN5O4S2. The molecule has 1 amide bonds. The van der Waals surface area contributed by atoms with Crippen LogP contribution in [0.15, 0.2) is 23.4 Å². The minimum absolute atomic E-state index is 0.0893. The van der Waals surface area contributed by atoms with Crippen molar-refractivity contribution in [3.05, 3.63) is 33.8 Å². The number of carbonyl (C=O) groups excluding carboxylic acids is 2. The van der Waals surface area contributed by atoms with Gasteiger partial charge in [-0.1, -0.05) is 34.7 Å². The smallest absolute Gasteiger partial charge is 0.350 e. The monoisotopic (exact) mass is 481 g/mol. The molecule has 3 rings (SSSR count). The predicted molar refractivity (Wildman–Crippen MR) is 120 cm³/mol. The first-order valence-corrected chi connectivity index (χ1v) is 11.3. The highest BCUT2D eigenvalue weighted by molar-refractivity contribution is 7.99. The van der Waals surface area contributed by atoms with E-state index in [1.165, 1.54) is 11.8 Å². The highest BCUT2D eigenvalue weighted by Gasteiger charge is 2.19. The van der Waals surface area contributed by atoms with Crippen molar-refractivity contribution in [3.8, 4) is 17.1 Å². The Balaban J connectivity index is 1.66. The normalized spacial score (nSPS) is 10.7. The number of thioether (sulfide) groups is 1. The Morgan fingerprint density at radius 3 is 2.81 bits per heavy atom. The fraction of sp³-hybridized carbons (Fsp3) is 0.316. The Morgan fingerprint density at radius 2 is 2.10 bits per heavy atom. The number of aryl methyl sites for hydroxylation is 1. The van der Waals surface area contributed by atoms with Crippen LogP contribution >= 0.6 is 34.7 Å². The molecule has 0 saturated heterocycles. The molecule has 2 heterocycles. The molecule has 0 aliphatic rings. The largest absolute Gasteiger partial charge is 0.496 e. The molecule has 0 bridgehead atoms. The number of carbonyl (C=O) groups is 2. The Hall–Kier alpha value is -2.63. The third-order valence-corrected chi connectivity index (χ3v) is 6.38. The highest BCUT2D eigenvalue weighted by atomic mass is 35.5. The lowest BCUT2D eigenvalue weighted by atomic mass is 10.2. The van der Waals surface area contributed by atoms with Gasteiger partial charge in [0.15, 0.2) is 16.1 Å². The fourth-order valence-corrected chi connectivity index (χ4v) is 4.41. The van der Waals surface area contributed by atoms with E-state index in [9.17, 15) is 9.59 Å². The quantitative estimate of drug-likeness (QED) is 0.382. The Kier molecular flexibility index (Phi) is 7.52. The van der Waals surface area contributed by atoms with Crippen LogP contribution in [0.25, 0.3) is 11.4 Å². The third kappa shape index (κ3) is 5.35. The number of thiazole rings is 1. The number of hydrogen-bond donors (Lipinski definition) is 1. The summed E-state index contributed by atoms with van der Waals surface area (Å²) < 4.78 is 12.1. The molecule has 31 heavy (non-hydrogen) atoms. The van der Waals surface area contributed by atoms with E-state index >= 15 is 0 Å². The maximum atomic E-state index is 12.4. The minimum atomic E-state index is -0.449. The van der Waals surface area contributed by atoms with Crippen molar-refractivity contribution < 1.29 is 19.1 Å². The van der Waals surface area contributed by atoms with Gasteiger partial charge in [0, 0.05) is 12.1 Å². The number of methoxy groups -OCH3 is 1. The Bertz CT molecular complexity index is 1110. The van der Waals surface area contributed by atoms with E-state index in [4.69, 9.17) is 21.1 Å². The average molecular weight is 482 g/mol. The van der Waals surface area contributed by atoms with E-state index < -0.39 is 5.97 Å². The van der Waals surface area contributed by atoms with Gasteiger partial charge < -0.3 is 19.4 Å². The van der Waals surface area contributed by atoms with Crippen molar-refractivity contribution >= 4 is 51.7 Å². The Labute approximate surface area is 192 Å². The first kappa shape index (κ1) is 23.0. The molecule has 0 spiro atoms. The van der Waals surface area contributed by atoms with Crippen molar-refractivity contribution in [2.45, 2.75) is 19.0 Å². The van der Waals surface area contributed by atoms with E-state index in [0.717, 1.165) is 11.3 Å². The van der Waals surface area contributed by atoms with Crippen molar-refractivity contribution in [2.24, 2.45) is 7.05 Å². The molecule has 1 aromatic carbocycles. The molecule has 0 aliphatic carbocycles. The summed E-state index contributed by atoms with van der Waals surface area (Å²) >= 11 is 8.41. The van der Waals surface area contributed by atoms with Gasteiger partial charge in [0.25, 0.3) is 0 Å². The maximum Gasteiger partial charge on any atom is 0.350 e. The molecule has 1 N–H and O–H groups in total. The van der Waals surface area contributed by atoms with Crippen molar-refractivity contribution in [1.82, 2.24) is 19.7 Å². The molecule has 3 aromatic rings. The summed E-state index contributed by atoms with van der Waals surface area (Å²) in [5, 5.41) is 12.5. The molecule has 164 valence electrons. The zero-order valence-corrected chi connectivity index (χ0v) is 19.7. The van der Waals surface area contributed by atoms with Gasteiger partial charge in [-0.3, -0.25) is 4.79 Å². The number of benzene rings is 1. The first-order valence-electron chi connectivity index (χ1n) is 9.14. The number of halogens is 1. The number of nitrogens with zero attached hydrogens (tertiary/aromatic N) is 4. The number of anilines is 1. The first-order chi connectivity index (χ1) is 14.8. The molecule has 0 saturated carbocycles. The topological polar surface area (TPSA) is 108 Å². The maximum absolute atomic E-state index is 12.4. The molecule has 9 nitrogen and oxygen atoms in total. The van der Waals surface area contributed by atoms with Gasteiger partial charge in [-0.05, 0) is 32.0 Å². The summed E-state index contributed by atoms with van der Waals surface area (Å²) in [5.41, 5.74) is 1.21. The second-order valence-corrected chi connectivity index (χ2v) is 8.58. The number of nitrogens with one attached hydrogen (secondary N) is 1. The lowest BCUT2D eigenvalue weighted by Crippen LogP contribution is -2.14. The van der Waals surface area contributed by atoms with Crippen LogP contribution in [-0.2, 0) is 16.6 Å². The number of esters is 1. The third-order valence-electron chi connectivity index (χ3n) is 4.07. The summed E-state index contributed by atoms with van der Waals surface area (Å²) in [6, 6.07) is 5.23. The number of hydrogen-bond acceptors (Lipinski definition) is 9. The fourth-order valence-electron chi connectivity index (χ4n) is 2.65. The van der Waals surface area contributed by atoms with Gasteiger partial charge in [0.1, 0.15) is 10.6 Å². The SMILES string of the molecule is CCOC(=O)c1sc(NC(=O)CSc2nnc(-c3cc(Cl)ccc3OC)n2C)nc1C. The number of rotatable bonds is 8. The molecule has 0 aliphatic heterocycles. The van der Waals surface area contributed by atoms with Crippen LogP contribution in [0, 0.1) is 6.92 Å². The number of ether oxygens (including phenoxy) is 2. The average Bonchev–Trinajstić information content (AvgIpc) is 3.28. The van der Waals surface area contributed by atoms with Crippen LogP contribution in [-0.4, -0.2) is 51.1 Å². The van der Waals surface area contributed by atoms with Crippen LogP contribution in [0.4, 0.5) is 5.13 Å². The second-order valence-electron chi connectivity index (χ2n) is 6.20. The summed E-state index contributed by atoms with van der Waals surface area (Å²) in [4.78, 5) is 28.8. The summed E-state index contributed by atoms with van der Waals surface area (Å²) in [5.74, 6) is 0.545. The van der Waals surface area contributed by atoms with Crippen LogP contribution in [0.1, 0.15) is 22.3 Å². The lowest BCUT2D eigenvalue weighted by Gasteiger charge is -2.09. The predicted octanol–water partition coefficient (Wildman–Crippen LogP) is 3.82. The molecule has 0 unspecified atom stereocenters. The van der Waals surface area contributed by atoms with Gasteiger partial charge in [-0.2, -0.15) is 0 Å². The van der Waals surface area contributed by atoms with E-state index in [-0.39, 0.29) is 18.3 Å².